The van der Waals surface area contributed by atoms with Crippen molar-refractivity contribution in [2.75, 3.05) is 0 Å². The molecule has 18 heteroatoms. The summed E-state index contributed by atoms with van der Waals surface area (Å²) in [6.45, 7) is 0. The molecule has 0 aromatic rings. The molecule has 26 heavy (non-hydrogen) atoms. The molecule has 0 aromatic carbocycles. The first-order chi connectivity index (χ1) is 10.8. The van der Waals surface area contributed by atoms with Crippen molar-refractivity contribution >= 4 is 11.6 Å². The van der Waals surface area contributed by atoms with Crippen molar-refractivity contribution in [3.05, 3.63) is 0 Å². The van der Waals surface area contributed by atoms with Crippen LogP contribution in [0.5, 0.6) is 0 Å². The summed E-state index contributed by atoms with van der Waals surface area (Å²) >= 11 is 3.29. The highest BCUT2D eigenvalue weighted by molar-refractivity contribution is 6.22. The summed E-state index contributed by atoms with van der Waals surface area (Å²) in [5.74, 6) is -49.9. The monoisotopic (exact) mass is 454 g/mol. The van der Waals surface area contributed by atoms with Crippen molar-refractivity contribution in [2.45, 2.75) is 47.1 Å². The average Bonchev–Trinajstić information content (AvgIpc) is 2.34. The molecule has 0 saturated heterocycles. The summed E-state index contributed by atoms with van der Waals surface area (Å²) in [5.41, 5.74) is 0. The summed E-state index contributed by atoms with van der Waals surface area (Å²) in [7, 11) is 0. The third-order valence-electron chi connectivity index (χ3n) is 2.68. The first-order valence-corrected chi connectivity index (χ1v) is 5.53. The molecule has 0 atom stereocenters. The third-order valence-corrected chi connectivity index (χ3v) is 2.92. The van der Waals surface area contributed by atoms with Crippen molar-refractivity contribution in [3.8, 4) is 0 Å². The van der Waals surface area contributed by atoms with Crippen molar-refractivity contribution in [1.29, 1.82) is 0 Å². The minimum atomic E-state index is -8.62. The second-order valence-corrected chi connectivity index (χ2v) is 4.92. The lowest BCUT2D eigenvalue weighted by atomic mass is 9.91. The Bertz CT molecular complexity index is 474. The number of alkyl halides is 18. The molecule has 0 spiro atoms. The maximum absolute atomic E-state index is 12.9. The number of hydrogen-bond donors (Lipinski definition) is 0. The van der Waals surface area contributed by atoms with Crippen LogP contribution in [-0.2, 0) is 0 Å². The van der Waals surface area contributed by atoms with Gasteiger partial charge in [-0.05, 0) is 11.6 Å². The van der Waals surface area contributed by atoms with Gasteiger partial charge in [-0.25, -0.2) is 0 Å². The van der Waals surface area contributed by atoms with Crippen LogP contribution >= 0.6 is 11.6 Å². The second-order valence-electron chi connectivity index (χ2n) is 4.44. The Labute approximate surface area is 134 Å². The largest absolute Gasteiger partial charge is 0.460 e. The summed E-state index contributed by atoms with van der Waals surface area (Å²) in [4.78, 5) is 0. The van der Waals surface area contributed by atoms with Gasteiger partial charge in [0.05, 0.1) is 0 Å². The summed E-state index contributed by atoms with van der Waals surface area (Å²) in [6.07, 6.45) is -7.76. The highest BCUT2D eigenvalue weighted by atomic mass is 35.5. The molecule has 158 valence electrons. The Morgan fingerprint density at radius 1 is 0.308 bits per heavy atom. The van der Waals surface area contributed by atoms with Gasteiger partial charge in [0, 0.05) is 0 Å². The Morgan fingerprint density at radius 2 is 0.500 bits per heavy atom. The first-order valence-electron chi connectivity index (χ1n) is 5.15. The zero-order valence-electron chi connectivity index (χ0n) is 10.8. The molecule has 0 fully saturated rings. The average molecular weight is 455 g/mol. The van der Waals surface area contributed by atoms with Crippen molar-refractivity contribution < 1.29 is 74.6 Å². The fraction of sp³-hybridized carbons (Fsp3) is 1.00. The molecule has 0 unspecified atom stereocenters. The molecule has 0 heterocycles. The van der Waals surface area contributed by atoms with Gasteiger partial charge in [0.25, 0.3) is 0 Å². The standard InChI is InChI=1S/C8ClF17/c9-7(22,23)5(18,19)3(14,15)1(10,11)2(12,13)4(16,17)6(20,21)8(24,25)26. The molecular weight excluding hydrogens is 455 g/mol. The summed E-state index contributed by atoms with van der Waals surface area (Å²) in [5, 5.41) is -6.84. The number of hydrogen-bond acceptors (Lipinski definition) is 0. The normalized spacial score (nSPS) is 16.8. The topological polar surface area (TPSA) is 0 Å². The van der Waals surface area contributed by atoms with Crippen molar-refractivity contribution in [1.82, 2.24) is 0 Å². The highest BCUT2D eigenvalue weighted by Crippen LogP contribution is 2.64. The molecule has 0 aliphatic carbocycles. The van der Waals surface area contributed by atoms with Crippen LogP contribution in [0.2, 0.25) is 0 Å². The molecule has 0 bridgehead atoms. The van der Waals surface area contributed by atoms with Gasteiger partial charge in [-0.3, -0.25) is 0 Å². The van der Waals surface area contributed by atoms with E-state index in [4.69, 9.17) is 0 Å². The van der Waals surface area contributed by atoms with Crippen LogP contribution in [0.1, 0.15) is 0 Å². The van der Waals surface area contributed by atoms with Crippen LogP contribution in [0, 0.1) is 0 Å². The quantitative estimate of drug-likeness (QED) is 0.332. The van der Waals surface area contributed by atoms with Crippen LogP contribution in [0.4, 0.5) is 74.6 Å². The molecular formula is C8ClF17. The van der Waals surface area contributed by atoms with E-state index in [0.717, 1.165) is 0 Å². The SMILES string of the molecule is FC(F)(F)C(F)(F)C(F)(F)C(F)(F)C(F)(F)C(F)(F)C(F)(F)C(F)(F)Cl. The molecule has 0 aromatic heterocycles. The van der Waals surface area contributed by atoms with E-state index < -0.39 is 47.1 Å². The van der Waals surface area contributed by atoms with Gasteiger partial charge in [-0.15, -0.1) is 0 Å². The van der Waals surface area contributed by atoms with Gasteiger partial charge in [-0.2, -0.15) is 74.6 Å². The zero-order valence-corrected chi connectivity index (χ0v) is 11.6. The fourth-order valence-corrected chi connectivity index (χ4v) is 1.26. The molecule has 0 aliphatic heterocycles. The number of halogens is 18. The molecule has 0 saturated carbocycles. The van der Waals surface area contributed by atoms with Gasteiger partial charge < -0.3 is 0 Å². The van der Waals surface area contributed by atoms with Gasteiger partial charge in [0.2, 0.25) is 0 Å². The van der Waals surface area contributed by atoms with E-state index >= 15 is 0 Å². The van der Waals surface area contributed by atoms with Crippen molar-refractivity contribution in [3.63, 3.8) is 0 Å². The van der Waals surface area contributed by atoms with Crippen LogP contribution in [0.15, 0.2) is 0 Å². The minimum absolute atomic E-state index is 3.29. The van der Waals surface area contributed by atoms with E-state index in [9.17, 15) is 74.6 Å². The summed E-state index contributed by atoms with van der Waals surface area (Å²) in [6, 6.07) is 0. The van der Waals surface area contributed by atoms with Gasteiger partial charge in [-0.1, -0.05) is 0 Å². The Kier molecular flexibility index (Phi) is 5.60. The molecule has 0 N–H and O–H groups in total. The molecule has 0 rings (SSSR count). The Hall–Kier alpha value is -0.900. The summed E-state index contributed by atoms with van der Waals surface area (Å²) < 4.78 is 211. The maximum Gasteiger partial charge on any atom is 0.460 e. The van der Waals surface area contributed by atoms with E-state index in [1.807, 2.05) is 0 Å². The van der Waals surface area contributed by atoms with Crippen LogP contribution < -0.4 is 0 Å². The number of rotatable bonds is 6. The molecule has 0 amide bonds. The lowest BCUT2D eigenvalue weighted by molar-refractivity contribution is -0.458. The van der Waals surface area contributed by atoms with Crippen LogP contribution in [-0.4, -0.2) is 47.1 Å². The molecule has 0 aliphatic rings. The predicted octanol–water partition coefficient (Wildman–Crippen LogP) is 6.19. The van der Waals surface area contributed by atoms with Crippen LogP contribution in [0.3, 0.4) is 0 Å². The highest BCUT2D eigenvalue weighted by Gasteiger charge is 2.95. The van der Waals surface area contributed by atoms with E-state index in [1.165, 1.54) is 0 Å². The van der Waals surface area contributed by atoms with E-state index in [-0.39, 0.29) is 0 Å². The first kappa shape index (κ1) is 25.1. The second kappa shape index (κ2) is 5.80. The van der Waals surface area contributed by atoms with Gasteiger partial charge in [0.1, 0.15) is 0 Å². The van der Waals surface area contributed by atoms with Gasteiger partial charge in [0.15, 0.2) is 0 Å². The van der Waals surface area contributed by atoms with E-state index in [0.29, 0.717) is 0 Å². The third kappa shape index (κ3) is 2.93. The Morgan fingerprint density at radius 3 is 0.692 bits per heavy atom. The minimum Gasteiger partial charge on any atom is -0.192 e. The van der Waals surface area contributed by atoms with Crippen LogP contribution in [0.25, 0.3) is 0 Å². The zero-order chi connectivity index (χ0) is 22.0. The Balaban J connectivity index is 6.61. The maximum atomic E-state index is 12.9. The molecule has 0 nitrogen and oxygen atoms in total. The van der Waals surface area contributed by atoms with E-state index in [1.54, 1.807) is 0 Å². The fourth-order valence-electron chi connectivity index (χ4n) is 1.14. The lowest BCUT2D eigenvalue weighted by Gasteiger charge is -2.41. The van der Waals surface area contributed by atoms with Gasteiger partial charge >= 0.3 is 47.1 Å². The molecule has 0 radical (unpaired) electrons. The van der Waals surface area contributed by atoms with E-state index in [2.05, 4.69) is 11.6 Å². The van der Waals surface area contributed by atoms with Crippen molar-refractivity contribution in [2.24, 2.45) is 0 Å². The predicted molar refractivity (Wildman–Crippen MR) is 46.5 cm³/mol. The lowest BCUT2D eigenvalue weighted by Crippen LogP contribution is -2.74. The smallest absolute Gasteiger partial charge is 0.192 e.